The Kier molecular flexibility index (Phi) is 5.72. The Morgan fingerprint density at radius 1 is 1.22 bits per heavy atom. The minimum absolute atomic E-state index is 0.111. The molecule has 1 atom stereocenters. The van der Waals surface area contributed by atoms with Crippen molar-refractivity contribution in [2.75, 3.05) is 18.4 Å². The number of carbonyl (C=O) groups excluding carboxylic acids is 1. The third kappa shape index (κ3) is 4.26. The lowest BCUT2D eigenvalue weighted by molar-refractivity contribution is -0.385. The molecular weight excluding hydrogens is 342 g/mol. The number of nitro benzene ring substituents is 1. The number of amides is 1. The zero-order chi connectivity index (χ0) is 19.2. The lowest BCUT2D eigenvalue weighted by Gasteiger charge is -2.20. The fourth-order valence-electron chi connectivity index (χ4n) is 3.30. The van der Waals surface area contributed by atoms with Crippen LogP contribution in [-0.2, 0) is 0 Å². The number of nitro groups is 1. The maximum absolute atomic E-state index is 12.8. The van der Waals surface area contributed by atoms with Crippen molar-refractivity contribution < 1.29 is 9.72 Å². The number of rotatable bonds is 6. The van der Waals surface area contributed by atoms with E-state index in [9.17, 15) is 14.9 Å². The van der Waals surface area contributed by atoms with Gasteiger partial charge in [-0.1, -0.05) is 30.3 Å². The van der Waals surface area contributed by atoms with Crippen molar-refractivity contribution in [2.24, 2.45) is 0 Å². The molecule has 1 saturated heterocycles. The minimum atomic E-state index is -0.511. The average molecular weight is 363 g/mol. The normalized spacial score (nSPS) is 14.4. The molecule has 6 heteroatoms. The van der Waals surface area contributed by atoms with Gasteiger partial charge >= 0.3 is 0 Å². The van der Waals surface area contributed by atoms with Gasteiger partial charge in [-0.3, -0.25) is 14.9 Å². The summed E-state index contributed by atoms with van der Waals surface area (Å²) in [6.45, 7) is 1.27. The lowest BCUT2D eigenvalue weighted by Crippen LogP contribution is -2.28. The summed E-state index contributed by atoms with van der Waals surface area (Å²) < 4.78 is 0. The smallest absolute Gasteiger partial charge is 0.282 e. The SMILES string of the molecule is C#CC[C@@H](Nc1ccc([N+](=O)[O-])c(C(=O)N2CCCC2)c1)c1ccccc1. The predicted octanol–water partition coefficient (Wildman–Crippen LogP) is 4.01. The van der Waals surface area contributed by atoms with Crippen molar-refractivity contribution in [1.82, 2.24) is 4.90 Å². The highest BCUT2D eigenvalue weighted by molar-refractivity contribution is 5.99. The average Bonchev–Trinajstić information content (AvgIpc) is 3.22. The van der Waals surface area contributed by atoms with E-state index in [2.05, 4.69) is 11.2 Å². The van der Waals surface area contributed by atoms with Crippen molar-refractivity contribution >= 4 is 17.3 Å². The third-order valence-electron chi connectivity index (χ3n) is 4.68. The van der Waals surface area contributed by atoms with Crippen molar-refractivity contribution in [3.8, 4) is 12.3 Å². The number of nitrogens with one attached hydrogen (secondary N) is 1. The Labute approximate surface area is 158 Å². The summed E-state index contributed by atoms with van der Waals surface area (Å²) in [6, 6.07) is 14.1. The van der Waals surface area contributed by atoms with Gasteiger partial charge < -0.3 is 10.2 Å². The Morgan fingerprint density at radius 3 is 2.56 bits per heavy atom. The Bertz CT molecular complexity index is 868. The van der Waals surface area contributed by atoms with Gasteiger partial charge in [-0.25, -0.2) is 0 Å². The number of carbonyl (C=O) groups is 1. The first kappa shape index (κ1) is 18.5. The Hall–Kier alpha value is -3.33. The van der Waals surface area contributed by atoms with E-state index < -0.39 is 4.92 Å². The lowest BCUT2D eigenvalue weighted by atomic mass is 10.0. The second-order valence-corrected chi connectivity index (χ2v) is 6.50. The molecule has 138 valence electrons. The van der Waals surface area contributed by atoms with Crippen LogP contribution >= 0.6 is 0 Å². The van der Waals surface area contributed by atoms with E-state index in [1.54, 1.807) is 17.0 Å². The molecule has 0 bridgehead atoms. The van der Waals surface area contributed by atoms with E-state index in [-0.39, 0.29) is 23.2 Å². The van der Waals surface area contributed by atoms with E-state index in [1.807, 2.05) is 30.3 Å². The van der Waals surface area contributed by atoms with E-state index in [4.69, 9.17) is 6.42 Å². The van der Waals surface area contributed by atoms with Gasteiger partial charge in [0, 0.05) is 31.3 Å². The van der Waals surface area contributed by atoms with E-state index >= 15 is 0 Å². The number of likely N-dealkylation sites (tertiary alicyclic amines) is 1. The second kappa shape index (κ2) is 8.37. The zero-order valence-electron chi connectivity index (χ0n) is 14.9. The van der Waals surface area contributed by atoms with Gasteiger partial charge in [0.1, 0.15) is 5.56 Å². The zero-order valence-corrected chi connectivity index (χ0v) is 14.9. The summed E-state index contributed by atoms with van der Waals surface area (Å²) in [5.74, 6) is 2.36. The van der Waals surface area contributed by atoms with Crippen LogP contribution in [0.1, 0.15) is 41.2 Å². The molecule has 3 rings (SSSR count). The monoisotopic (exact) mass is 363 g/mol. The number of terminal acetylenes is 1. The molecule has 0 aromatic heterocycles. The molecular formula is C21H21N3O3. The Morgan fingerprint density at radius 2 is 1.93 bits per heavy atom. The van der Waals surface area contributed by atoms with Gasteiger partial charge in [0.2, 0.25) is 0 Å². The van der Waals surface area contributed by atoms with Crippen molar-refractivity contribution in [2.45, 2.75) is 25.3 Å². The van der Waals surface area contributed by atoms with E-state index in [0.717, 1.165) is 18.4 Å². The summed E-state index contributed by atoms with van der Waals surface area (Å²) in [4.78, 5) is 25.3. The fourth-order valence-corrected chi connectivity index (χ4v) is 3.30. The molecule has 2 aromatic carbocycles. The van der Waals surface area contributed by atoms with Crippen LogP contribution in [0.2, 0.25) is 0 Å². The molecule has 1 aliphatic rings. The molecule has 1 fully saturated rings. The molecule has 1 aliphatic heterocycles. The predicted molar refractivity (Wildman–Crippen MR) is 104 cm³/mol. The number of hydrogen-bond acceptors (Lipinski definition) is 4. The minimum Gasteiger partial charge on any atom is -0.377 e. The van der Waals surface area contributed by atoms with Crippen molar-refractivity contribution in [1.29, 1.82) is 0 Å². The summed E-state index contributed by atoms with van der Waals surface area (Å²) in [6.07, 6.45) is 7.81. The van der Waals surface area contributed by atoms with Crippen LogP contribution in [0.15, 0.2) is 48.5 Å². The molecule has 1 N–H and O–H groups in total. The fraction of sp³-hybridized carbons (Fsp3) is 0.286. The molecule has 0 radical (unpaired) electrons. The van der Waals surface area contributed by atoms with Crippen LogP contribution in [-0.4, -0.2) is 28.8 Å². The molecule has 0 saturated carbocycles. The number of hydrogen-bond donors (Lipinski definition) is 1. The largest absolute Gasteiger partial charge is 0.377 e. The van der Waals surface area contributed by atoms with Crippen LogP contribution in [0.4, 0.5) is 11.4 Å². The van der Waals surface area contributed by atoms with Crippen LogP contribution in [0, 0.1) is 22.5 Å². The highest BCUT2D eigenvalue weighted by Crippen LogP contribution is 2.28. The van der Waals surface area contributed by atoms with Gasteiger partial charge in [-0.15, -0.1) is 12.3 Å². The Balaban J connectivity index is 1.91. The van der Waals surface area contributed by atoms with Crippen LogP contribution < -0.4 is 5.32 Å². The molecule has 1 amide bonds. The second-order valence-electron chi connectivity index (χ2n) is 6.50. The summed E-state index contributed by atoms with van der Waals surface area (Å²) in [5.41, 5.74) is 1.58. The first-order valence-electron chi connectivity index (χ1n) is 8.93. The molecule has 6 nitrogen and oxygen atoms in total. The van der Waals surface area contributed by atoms with Gasteiger partial charge in [0.15, 0.2) is 0 Å². The molecule has 0 unspecified atom stereocenters. The number of anilines is 1. The molecule has 2 aromatic rings. The summed E-state index contributed by atoms with van der Waals surface area (Å²) >= 11 is 0. The van der Waals surface area contributed by atoms with E-state index in [0.29, 0.717) is 25.2 Å². The molecule has 1 heterocycles. The topological polar surface area (TPSA) is 75.5 Å². The highest BCUT2D eigenvalue weighted by atomic mass is 16.6. The third-order valence-corrected chi connectivity index (χ3v) is 4.68. The number of nitrogens with zero attached hydrogens (tertiary/aromatic N) is 2. The van der Waals surface area contributed by atoms with Gasteiger partial charge in [0.25, 0.3) is 11.6 Å². The first-order chi connectivity index (χ1) is 13.1. The van der Waals surface area contributed by atoms with Crippen LogP contribution in [0.25, 0.3) is 0 Å². The van der Waals surface area contributed by atoms with Crippen molar-refractivity contribution in [3.63, 3.8) is 0 Å². The number of benzene rings is 2. The van der Waals surface area contributed by atoms with E-state index in [1.165, 1.54) is 6.07 Å². The quantitative estimate of drug-likeness (QED) is 0.478. The highest BCUT2D eigenvalue weighted by Gasteiger charge is 2.27. The van der Waals surface area contributed by atoms with Gasteiger partial charge in [-0.05, 0) is 30.5 Å². The van der Waals surface area contributed by atoms with Crippen molar-refractivity contribution in [3.05, 3.63) is 69.8 Å². The first-order valence-corrected chi connectivity index (χ1v) is 8.93. The standard InChI is InChI=1S/C21H21N3O3/c1-2-8-19(16-9-4-3-5-10-16)22-17-11-12-20(24(26)27)18(15-17)21(25)23-13-6-7-14-23/h1,3-5,9-12,15,19,22H,6-8,13-14H2/t19-/m1/s1. The maximum atomic E-state index is 12.8. The molecule has 27 heavy (non-hydrogen) atoms. The molecule has 0 aliphatic carbocycles. The maximum Gasteiger partial charge on any atom is 0.282 e. The molecule has 0 spiro atoms. The van der Waals surface area contributed by atoms with Crippen LogP contribution in [0.5, 0.6) is 0 Å². The summed E-state index contributed by atoms with van der Waals surface area (Å²) in [7, 11) is 0. The van der Waals surface area contributed by atoms with Gasteiger partial charge in [-0.2, -0.15) is 0 Å². The summed E-state index contributed by atoms with van der Waals surface area (Å²) in [5, 5.41) is 14.7. The van der Waals surface area contributed by atoms with Crippen LogP contribution in [0.3, 0.4) is 0 Å². The van der Waals surface area contributed by atoms with Gasteiger partial charge in [0.05, 0.1) is 11.0 Å².